The van der Waals surface area contributed by atoms with Crippen molar-refractivity contribution in [3.8, 4) is 0 Å². The Kier molecular flexibility index (Phi) is 7.40. The van der Waals surface area contributed by atoms with Gasteiger partial charge in [0.15, 0.2) is 9.84 Å². The van der Waals surface area contributed by atoms with Crippen molar-refractivity contribution in [2.75, 3.05) is 6.54 Å². The molecule has 0 bridgehead atoms. The van der Waals surface area contributed by atoms with E-state index < -0.39 is 56.0 Å². The number of rotatable bonds is 6. The summed E-state index contributed by atoms with van der Waals surface area (Å²) in [6, 6.07) is 10.6. The summed E-state index contributed by atoms with van der Waals surface area (Å²) >= 11 is 0. The van der Waals surface area contributed by atoms with Gasteiger partial charge in [0.25, 0.3) is 0 Å². The van der Waals surface area contributed by atoms with Gasteiger partial charge in [0.05, 0.1) is 10.5 Å². The van der Waals surface area contributed by atoms with Gasteiger partial charge in [-0.05, 0) is 72.4 Å². The lowest BCUT2D eigenvalue weighted by molar-refractivity contribution is -0.348. The number of fused-ring (bicyclic) bond motifs is 3. The Balaban J connectivity index is 1.65. The minimum absolute atomic E-state index is 0.0125. The molecular formula is C29H23F8NO4S. The molecule has 0 spiro atoms. The van der Waals surface area contributed by atoms with Gasteiger partial charge in [-0.1, -0.05) is 30.3 Å². The van der Waals surface area contributed by atoms with E-state index in [1.807, 2.05) is 0 Å². The maximum Gasteiger partial charge on any atom is 0.435 e. The number of carboxylic acid groups (broad SMARTS) is 1. The molecule has 43 heavy (non-hydrogen) atoms. The SMILES string of the molecule is O=C(O)c1ccc(CN2CC[C@@]3(S(=O)(=O)c4ccc(F)cc4)c4ccc(C(F)(C(F)(F)F)C(F)(F)F)cc4CC[C@@H]23)cc1. The fraction of sp³-hybridized carbons (Fsp3) is 0.345. The van der Waals surface area contributed by atoms with Crippen LogP contribution in [0.25, 0.3) is 0 Å². The van der Waals surface area contributed by atoms with Crippen molar-refractivity contribution in [3.63, 3.8) is 0 Å². The average Bonchev–Trinajstić information content (AvgIpc) is 3.31. The third kappa shape index (κ3) is 4.78. The maximum atomic E-state index is 14.9. The van der Waals surface area contributed by atoms with E-state index in [4.69, 9.17) is 5.11 Å². The number of aryl methyl sites for hydroxylation is 1. The predicted octanol–water partition coefficient (Wildman–Crippen LogP) is 6.70. The number of hydrogen-bond donors (Lipinski definition) is 1. The normalized spacial score (nSPS) is 21.3. The molecule has 0 amide bonds. The number of alkyl halides is 7. The first-order valence-corrected chi connectivity index (χ1v) is 14.4. The van der Waals surface area contributed by atoms with E-state index in [1.165, 1.54) is 12.1 Å². The highest BCUT2D eigenvalue weighted by atomic mass is 32.2. The standard InChI is InChI=1S/C29H23F8NO4S/c30-21-7-9-22(10-8-21)43(41,42)26-13-14-38(16-17-1-3-18(4-2-17)25(39)40)24(26)12-5-19-15-20(6-11-23(19)26)27(31,28(32,33)34)29(35,36)37/h1-4,6-11,15,24H,5,12-14,16H2,(H,39,40)/t24-,26-/m1/s1. The molecular weight excluding hydrogens is 610 g/mol. The molecule has 5 nitrogen and oxygen atoms in total. The first-order chi connectivity index (χ1) is 19.9. The monoisotopic (exact) mass is 633 g/mol. The quantitative estimate of drug-likeness (QED) is 0.242. The Morgan fingerprint density at radius 1 is 0.907 bits per heavy atom. The van der Waals surface area contributed by atoms with Gasteiger partial charge >= 0.3 is 24.0 Å². The number of benzene rings is 3. The van der Waals surface area contributed by atoms with Crippen LogP contribution in [0.15, 0.2) is 71.6 Å². The summed E-state index contributed by atoms with van der Waals surface area (Å²) in [6.45, 7) is 0.305. The Hall–Kier alpha value is -3.52. The fourth-order valence-electron chi connectivity index (χ4n) is 6.32. The van der Waals surface area contributed by atoms with Gasteiger partial charge in [-0.25, -0.2) is 22.0 Å². The fourth-order valence-corrected chi connectivity index (χ4v) is 8.71. The minimum Gasteiger partial charge on any atom is -0.478 e. The predicted molar refractivity (Wildman–Crippen MR) is 137 cm³/mol. The highest BCUT2D eigenvalue weighted by Gasteiger charge is 2.73. The van der Waals surface area contributed by atoms with Crippen molar-refractivity contribution in [3.05, 3.63) is 100 Å². The number of carbonyl (C=O) groups is 1. The topological polar surface area (TPSA) is 74.7 Å². The van der Waals surface area contributed by atoms with Crippen molar-refractivity contribution >= 4 is 15.8 Å². The molecule has 0 unspecified atom stereocenters. The van der Waals surface area contributed by atoms with Crippen LogP contribution in [0.1, 0.15) is 45.5 Å². The Labute approximate surface area is 240 Å². The number of likely N-dealkylation sites (tertiary alicyclic amines) is 1. The van der Waals surface area contributed by atoms with E-state index in [2.05, 4.69) is 0 Å². The zero-order chi connectivity index (χ0) is 31.6. The summed E-state index contributed by atoms with van der Waals surface area (Å²) < 4.78 is 137. The van der Waals surface area contributed by atoms with Crippen molar-refractivity contribution in [2.24, 2.45) is 0 Å². The summed E-state index contributed by atoms with van der Waals surface area (Å²) in [6.07, 6.45) is -12.9. The van der Waals surface area contributed by atoms with Gasteiger partial charge in [-0.3, -0.25) is 4.90 Å². The van der Waals surface area contributed by atoms with E-state index in [-0.39, 0.29) is 53.9 Å². The highest BCUT2D eigenvalue weighted by Crippen LogP contribution is 2.56. The van der Waals surface area contributed by atoms with Crippen molar-refractivity contribution in [1.82, 2.24) is 4.90 Å². The summed E-state index contributed by atoms with van der Waals surface area (Å²) in [7, 11) is -4.46. The summed E-state index contributed by atoms with van der Waals surface area (Å²) in [5.41, 5.74) is -6.93. The molecule has 0 radical (unpaired) electrons. The van der Waals surface area contributed by atoms with Crippen LogP contribution >= 0.6 is 0 Å². The minimum atomic E-state index is -6.34. The van der Waals surface area contributed by atoms with E-state index >= 15 is 0 Å². The van der Waals surface area contributed by atoms with Gasteiger partial charge in [0, 0.05) is 24.7 Å². The molecule has 5 rings (SSSR count). The highest BCUT2D eigenvalue weighted by molar-refractivity contribution is 7.92. The van der Waals surface area contributed by atoms with Gasteiger partial charge in [-0.15, -0.1) is 0 Å². The van der Waals surface area contributed by atoms with Crippen molar-refractivity contribution < 1.29 is 53.4 Å². The van der Waals surface area contributed by atoms with Gasteiger partial charge in [0.2, 0.25) is 0 Å². The van der Waals surface area contributed by atoms with Crippen molar-refractivity contribution in [2.45, 2.75) is 59.5 Å². The van der Waals surface area contributed by atoms with Crippen LogP contribution in [-0.4, -0.2) is 49.3 Å². The van der Waals surface area contributed by atoms with Crippen LogP contribution in [0.3, 0.4) is 0 Å². The second-order valence-corrected chi connectivity index (χ2v) is 12.9. The summed E-state index contributed by atoms with van der Waals surface area (Å²) in [4.78, 5) is 12.7. The van der Waals surface area contributed by atoms with Crippen molar-refractivity contribution in [1.29, 1.82) is 0 Å². The number of sulfone groups is 1. The third-order valence-electron chi connectivity index (χ3n) is 8.37. The Morgan fingerprint density at radius 3 is 2.07 bits per heavy atom. The number of hydrogen-bond acceptors (Lipinski definition) is 4. The zero-order valence-electron chi connectivity index (χ0n) is 22.0. The van der Waals surface area contributed by atoms with Crippen LogP contribution in [-0.2, 0) is 33.2 Å². The van der Waals surface area contributed by atoms with Crippen LogP contribution < -0.4 is 0 Å². The number of carboxylic acids is 1. The number of nitrogens with zero attached hydrogens (tertiary/aromatic N) is 1. The van der Waals surface area contributed by atoms with E-state index in [0.29, 0.717) is 17.7 Å². The molecule has 0 aromatic heterocycles. The molecule has 1 aliphatic heterocycles. The molecule has 230 valence electrons. The Bertz CT molecular complexity index is 1640. The van der Waals surface area contributed by atoms with Crippen LogP contribution in [0.5, 0.6) is 0 Å². The van der Waals surface area contributed by atoms with Gasteiger partial charge in [-0.2, -0.15) is 26.3 Å². The average molecular weight is 634 g/mol. The molecule has 3 aromatic rings. The number of halogens is 8. The first kappa shape index (κ1) is 30.9. The molecule has 1 fully saturated rings. The molecule has 2 atom stereocenters. The lowest BCUT2D eigenvalue weighted by atomic mass is 9.76. The summed E-state index contributed by atoms with van der Waals surface area (Å²) in [5.74, 6) is -1.87. The lowest BCUT2D eigenvalue weighted by Crippen LogP contribution is -2.52. The van der Waals surface area contributed by atoms with E-state index in [0.717, 1.165) is 30.3 Å². The largest absolute Gasteiger partial charge is 0.478 e. The Morgan fingerprint density at radius 2 is 1.51 bits per heavy atom. The lowest BCUT2D eigenvalue weighted by Gasteiger charge is -2.43. The summed E-state index contributed by atoms with van der Waals surface area (Å²) in [5, 5.41) is 9.17. The van der Waals surface area contributed by atoms with E-state index in [1.54, 1.807) is 17.0 Å². The van der Waals surface area contributed by atoms with E-state index in [9.17, 15) is 48.3 Å². The second-order valence-electron chi connectivity index (χ2n) is 10.6. The maximum absolute atomic E-state index is 14.9. The molecule has 1 N–H and O–H groups in total. The van der Waals surface area contributed by atoms with Crippen LogP contribution in [0.2, 0.25) is 0 Å². The second kappa shape index (κ2) is 10.3. The first-order valence-electron chi connectivity index (χ1n) is 13.0. The zero-order valence-corrected chi connectivity index (χ0v) is 22.8. The van der Waals surface area contributed by atoms with Crippen LogP contribution in [0, 0.1) is 5.82 Å². The molecule has 1 aliphatic carbocycles. The van der Waals surface area contributed by atoms with Gasteiger partial charge < -0.3 is 5.11 Å². The molecule has 14 heteroatoms. The molecule has 0 saturated carbocycles. The molecule has 1 saturated heterocycles. The smallest absolute Gasteiger partial charge is 0.435 e. The third-order valence-corrected chi connectivity index (χ3v) is 10.9. The molecule has 3 aromatic carbocycles. The van der Waals surface area contributed by atoms with Gasteiger partial charge in [0.1, 0.15) is 10.6 Å². The molecule has 2 aliphatic rings. The number of aromatic carboxylic acids is 1. The van der Waals surface area contributed by atoms with Crippen LogP contribution in [0.4, 0.5) is 35.1 Å². The molecule has 1 heterocycles.